The minimum Gasteiger partial charge on any atom is -0.444 e. The number of nitrogens with zero attached hydrogens (tertiary/aromatic N) is 3. The number of anilines is 1. The van der Waals surface area contributed by atoms with Crippen LogP contribution in [-0.2, 0) is 4.74 Å². The van der Waals surface area contributed by atoms with Gasteiger partial charge in [-0.1, -0.05) is 18.2 Å². The Hall–Kier alpha value is -3.26. The smallest absolute Gasteiger partial charge is 0.413 e. The molecule has 0 bridgehead atoms. The quantitative estimate of drug-likeness (QED) is 0.481. The van der Waals surface area contributed by atoms with Crippen LogP contribution in [0.4, 0.5) is 10.5 Å². The molecule has 30 heavy (non-hydrogen) atoms. The van der Waals surface area contributed by atoms with E-state index in [0.29, 0.717) is 10.9 Å². The molecule has 160 valence electrons. The number of hydrogen-bond donors (Lipinski definition) is 3. The number of nitrogens with two attached hydrogens (primary N) is 1. The summed E-state index contributed by atoms with van der Waals surface area (Å²) in [6, 6.07) is 8.98. The summed E-state index contributed by atoms with van der Waals surface area (Å²) in [4.78, 5) is 16.7. The van der Waals surface area contributed by atoms with E-state index in [-0.39, 0.29) is 11.6 Å². The number of carbonyl (C=O) groups excluding carboxylic acids is 1. The molecule has 0 saturated carbocycles. The zero-order valence-electron chi connectivity index (χ0n) is 17.8. The molecular weight excluding hydrogens is 404 g/mol. The molecule has 2 aromatic rings. The highest BCUT2D eigenvalue weighted by molar-refractivity contribution is 6.30. The van der Waals surface area contributed by atoms with Gasteiger partial charge in [0.25, 0.3) is 0 Å². The first-order valence-electron chi connectivity index (χ1n) is 9.25. The maximum Gasteiger partial charge on any atom is 0.413 e. The fraction of sp³-hybridized carbons (Fsp3) is 0.286. The first kappa shape index (κ1) is 23.0. The number of aromatic nitrogens is 2. The number of halogens is 1. The third-order valence-electron chi connectivity index (χ3n) is 3.62. The van der Waals surface area contributed by atoms with Gasteiger partial charge in [-0.25, -0.2) is 14.5 Å². The van der Waals surface area contributed by atoms with Gasteiger partial charge in [0, 0.05) is 16.4 Å². The number of ether oxygens (including phenoxy) is 1. The minimum absolute atomic E-state index is 0.0206. The van der Waals surface area contributed by atoms with Crippen molar-refractivity contribution >= 4 is 35.0 Å². The monoisotopic (exact) mass is 430 g/mol. The van der Waals surface area contributed by atoms with Crippen molar-refractivity contribution in [2.75, 3.05) is 5.32 Å². The van der Waals surface area contributed by atoms with Crippen molar-refractivity contribution in [3.8, 4) is 0 Å². The number of hydrogen-bond acceptors (Lipinski definition) is 5. The molecule has 0 atom stereocenters. The second-order valence-corrected chi connectivity index (χ2v) is 7.97. The molecule has 0 fully saturated rings. The topological polar surface area (TPSA) is 107 Å². The van der Waals surface area contributed by atoms with E-state index in [9.17, 15) is 4.79 Å². The number of amides is 1. The molecule has 1 heterocycles. The third kappa shape index (κ3) is 6.66. The maximum absolute atomic E-state index is 12.2. The van der Waals surface area contributed by atoms with Crippen LogP contribution in [0.1, 0.15) is 32.2 Å². The van der Waals surface area contributed by atoms with Crippen molar-refractivity contribution in [3.63, 3.8) is 0 Å². The number of alkyl carbamates (subject to hydrolysis) is 1. The Balaban J connectivity index is 2.45. The van der Waals surface area contributed by atoms with Crippen LogP contribution in [0.25, 0.3) is 5.82 Å². The van der Waals surface area contributed by atoms with E-state index in [2.05, 4.69) is 27.3 Å². The molecule has 2 rings (SSSR count). The molecule has 0 saturated heterocycles. The predicted octanol–water partition coefficient (Wildman–Crippen LogP) is 4.42. The molecule has 8 nitrogen and oxygen atoms in total. The van der Waals surface area contributed by atoms with Gasteiger partial charge >= 0.3 is 6.09 Å². The standard InChI is InChI=1S/C21H27ClN6O2/c1-7-17(24-16-10-8-15(22)9-11-16)25-19(28-14(3)12-13(2)27-28)18(23)26-20(29)30-21(4,5)6/h7-12H,1,23H2,2-6H3,(H,24,25)(H,26,29)/b19-18-. The third-order valence-corrected chi connectivity index (χ3v) is 3.88. The molecule has 4 N–H and O–H groups in total. The van der Waals surface area contributed by atoms with E-state index in [1.54, 1.807) is 45.0 Å². The average Bonchev–Trinajstić information content (AvgIpc) is 2.96. The molecule has 0 aliphatic heterocycles. The van der Waals surface area contributed by atoms with Crippen molar-refractivity contribution < 1.29 is 9.53 Å². The van der Waals surface area contributed by atoms with E-state index in [4.69, 9.17) is 22.1 Å². The van der Waals surface area contributed by atoms with Crippen molar-refractivity contribution in [2.45, 2.75) is 40.2 Å². The molecule has 0 aliphatic carbocycles. The Kier molecular flexibility index (Phi) is 7.28. The fourth-order valence-corrected chi connectivity index (χ4v) is 2.58. The van der Waals surface area contributed by atoms with E-state index < -0.39 is 11.7 Å². The lowest BCUT2D eigenvalue weighted by molar-refractivity contribution is 0.0545. The number of benzene rings is 1. The maximum atomic E-state index is 12.2. The van der Waals surface area contributed by atoms with Crippen LogP contribution in [0.5, 0.6) is 0 Å². The van der Waals surface area contributed by atoms with Gasteiger partial charge < -0.3 is 15.8 Å². The SMILES string of the molecule is C=C/C(=N\C(=C(/N)NC(=O)OC(C)(C)C)n1nc(C)cc1C)Nc1ccc(Cl)cc1. The Morgan fingerprint density at radius 2 is 1.93 bits per heavy atom. The normalized spacial score (nSPS) is 12.8. The Bertz CT molecular complexity index is 984. The highest BCUT2D eigenvalue weighted by Crippen LogP contribution is 2.17. The second kappa shape index (κ2) is 9.49. The van der Waals surface area contributed by atoms with Gasteiger partial charge in [0.05, 0.1) is 5.69 Å². The summed E-state index contributed by atoms with van der Waals surface area (Å²) in [6.07, 6.45) is 0.834. The van der Waals surface area contributed by atoms with Gasteiger partial charge in [-0.15, -0.1) is 0 Å². The van der Waals surface area contributed by atoms with E-state index in [0.717, 1.165) is 17.1 Å². The molecule has 1 amide bonds. The molecule has 0 aliphatic rings. The summed E-state index contributed by atoms with van der Waals surface area (Å²) in [7, 11) is 0. The Morgan fingerprint density at radius 3 is 2.43 bits per heavy atom. The summed E-state index contributed by atoms with van der Waals surface area (Å²) >= 11 is 5.94. The Labute approximate surface area is 181 Å². The van der Waals surface area contributed by atoms with E-state index in [1.165, 1.54) is 10.8 Å². The van der Waals surface area contributed by atoms with Gasteiger partial charge in [-0.05, 0) is 71.0 Å². The van der Waals surface area contributed by atoms with Crippen molar-refractivity contribution in [1.29, 1.82) is 0 Å². The van der Waals surface area contributed by atoms with E-state index in [1.807, 2.05) is 19.9 Å². The molecule has 0 spiro atoms. The lowest BCUT2D eigenvalue weighted by Crippen LogP contribution is -2.35. The summed E-state index contributed by atoms with van der Waals surface area (Å²) in [5.41, 5.74) is 7.83. The molecule has 1 aromatic carbocycles. The van der Waals surface area contributed by atoms with Crippen molar-refractivity contribution in [3.05, 3.63) is 65.2 Å². The molecule has 0 radical (unpaired) electrons. The second-order valence-electron chi connectivity index (χ2n) is 7.54. The molecule has 1 aromatic heterocycles. The van der Waals surface area contributed by atoms with Crippen molar-refractivity contribution in [2.24, 2.45) is 10.7 Å². The fourth-order valence-electron chi connectivity index (χ4n) is 2.45. The summed E-state index contributed by atoms with van der Waals surface area (Å²) in [5, 5.41) is 10.7. The predicted molar refractivity (Wildman–Crippen MR) is 121 cm³/mol. The van der Waals surface area contributed by atoms with Gasteiger partial charge in [-0.2, -0.15) is 5.10 Å². The zero-order valence-corrected chi connectivity index (χ0v) is 18.5. The number of aryl methyl sites for hydroxylation is 2. The number of amidine groups is 1. The number of nitrogens with one attached hydrogen (secondary N) is 2. The first-order chi connectivity index (χ1) is 14.0. The first-order valence-corrected chi connectivity index (χ1v) is 9.63. The summed E-state index contributed by atoms with van der Waals surface area (Å²) in [6.45, 7) is 12.8. The molecule has 9 heteroatoms. The summed E-state index contributed by atoms with van der Waals surface area (Å²) < 4.78 is 6.81. The van der Waals surface area contributed by atoms with Crippen molar-refractivity contribution in [1.82, 2.24) is 15.1 Å². The largest absolute Gasteiger partial charge is 0.444 e. The van der Waals surface area contributed by atoms with Crippen LogP contribution in [0.3, 0.4) is 0 Å². The Morgan fingerprint density at radius 1 is 1.30 bits per heavy atom. The summed E-state index contributed by atoms with van der Waals surface area (Å²) in [5.74, 6) is 0.587. The van der Waals surface area contributed by atoms with Crippen LogP contribution in [0, 0.1) is 13.8 Å². The van der Waals surface area contributed by atoms with Gasteiger partial charge in [0.1, 0.15) is 11.4 Å². The number of carbonyl (C=O) groups is 1. The highest BCUT2D eigenvalue weighted by atomic mass is 35.5. The van der Waals surface area contributed by atoms with Crippen LogP contribution < -0.4 is 16.4 Å². The van der Waals surface area contributed by atoms with Gasteiger partial charge in [-0.3, -0.25) is 5.32 Å². The molecular formula is C21H27ClN6O2. The van der Waals surface area contributed by atoms with Crippen LogP contribution >= 0.6 is 11.6 Å². The average molecular weight is 431 g/mol. The lowest BCUT2D eigenvalue weighted by atomic mass is 10.2. The number of rotatable bonds is 5. The van der Waals surface area contributed by atoms with Crippen LogP contribution in [0.15, 0.2) is 53.8 Å². The molecule has 0 unspecified atom stereocenters. The van der Waals surface area contributed by atoms with Gasteiger partial charge in [0.15, 0.2) is 11.6 Å². The van der Waals surface area contributed by atoms with Gasteiger partial charge in [0.2, 0.25) is 0 Å². The zero-order chi connectivity index (χ0) is 22.5. The minimum atomic E-state index is -0.694. The lowest BCUT2D eigenvalue weighted by Gasteiger charge is -2.20. The van der Waals surface area contributed by atoms with Crippen LogP contribution in [0.2, 0.25) is 5.02 Å². The van der Waals surface area contributed by atoms with E-state index >= 15 is 0 Å². The highest BCUT2D eigenvalue weighted by Gasteiger charge is 2.19. The van der Waals surface area contributed by atoms with Crippen LogP contribution in [-0.4, -0.2) is 27.3 Å². The number of aliphatic imine (C=N–C) groups is 1.